The molecule has 0 aromatic heterocycles. The van der Waals surface area contributed by atoms with Crippen LogP contribution in [0.15, 0.2) is 53.0 Å². The van der Waals surface area contributed by atoms with Crippen LogP contribution in [0.4, 0.5) is 4.79 Å². The summed E-state index contributed by atoms with van der Waals surface area (Å²) >= 11 is 9.45. The van der Waals surface area contributed by atoms with E-state index < -0.39 is 18.1 Å². The van der Waals surface area contributed by atoms with E-state index in [0.717, 1.165) is 15.6 Å². The van der Waals surface area contributed by atoms with Crippen molar-refractivity contribution in [3.8, 4) is 0 Å². The number of amides is 2. The lowest BCUT2D eigenvalue weighted by Crippen LogP contribution is -2.40. The Morgan fingerprint density at radius 1 is 1.24 bits per heavy atom. The molecule has 3 unspecified atom stereocenters. The Hall–Kier alpha value is -1.85. The molecule has 1 saturated heterocycles. The molecule has 1 heterocycles. The van der Waals surface area contributed by atoms with Gasteiger partial charge in [-0.3, -0.25) is 4.79 Å². The molecule has 3 rings (SSSR count). The van der Waals surface area contributed by atoms with Crippen molar-refractivity contribution in [1.29, 1.82) is 0 Å². The van der Waals surface area contributed by atoms with Gasteiger partial charge in [-0.05, 0) is 43.2 Å². The summed E-state index contributed by atoms with van der Waals surface area (Å²) in [5.74, 6) is -0.815. The number of carbonyl (C=O) groups is 2. The van der Waals surface area contributed by atoms with Gasteiger partial charge in [0.05, 0.1) is 12.0 Å². The lowest BCUT2D eigenvalue weighted by Gasteiger charge is -2.23. The number of benzene rings is 2. The highest BCUT2D eigenvalue weighted by Gasteiger charge is 2.44. The second-order valence-electron chi connectivity index (χ2n) is 6.09. The van der Waals surface area contributed by atoms with Crippen molar-refractivity contribution < 1.29 is 14.3 Å². The van der Waals surface area contributed by atoms with Gasteiger partial charge in [-0.2, -0.15) is 0 Å². The molecule has 4 nitrogen and oxygen atoms in total. The van der Waals surface area contributed by atoms with Gasteiger partial charge in [-0.25, -0.2) is 9.69 Å². The second kappa shape index (κ2) is 7.18. The molecule has 2 aromatic rings. The van der Waals surface area contributed by atoms with Crippen molar-refractivity contribution in [2.24, 2.45) is 0 Å². The summed E-state index contributed by atoms with van der Waals surface area (Å²) in [5.41, 5.74) is 1.62. The monoisotopic (exact) mass is 421 g/mol. The molecule has 0 bridgehead atoms. The third kappa shape index (κ3) is 3.58. The molecular weight excluding hydrogens is 406 g/mol. The Bertz CT molecular complexity index is 791. The van der Waals surface area contributed by atoms with Crippen LogP contribution in [0.25, 0.3) is 0 Å². The fourth-order valence-corrected chi connectivity index (χ4v) is 3.91. The molecule has 3 atom stereocenters. The average Bonchev–Trinajstić information content (AvgIpc) is 2.88. The maximum atomic E-state index is 12.9. The average molecular weight is 423 g/mol. The van der Waals surface area contributed by atoms with E-state index in [0.29, 0.717) is 5.02 Å². The van der Waals surface area contributed by atoms with E-state index in [1.54, 1.807) is 19.1 Å². The highest BCUT2D eigenvalue weighted by atomic mass is 79.9. The minimum absolute atomic E-state index is 0.301. The number of imide groups is 1. The standard InChI is InChI=1S/C19H17BrClNO3/c1-11(14-8-15(20)10-16(21)9-14)18(23)22-12(2)17(25-19(22)24)13-6-4-3-5-7-13/h3-12,17H,1-2H3. The second-order valence-corrected chi connectivity index (χ2v) is 7.44. The van der Waals surface area contributed by atoms with Crippen LogP contribution in [0.5, 0.6) is 0 Å². The zero-order chi connectivity index (χ0) is 18.1. The van der Waals surface area contributed by atoms with E-state index in [2.05, 4.69) is 15.9 Å². The number of hydrogen-bond donors (Lipinski definition) is 0. The smallest absolute Gasteiger partial charge is 0.417 e. The van der Waals surface area contributed by atoms with Gasteiger partial charge in [0.25, 0.3) is 0 Å². The van der Waals surface area contributed by atoms with E-state index in [9.17, 15) is 9.59 Å². The summed E-state index contributed by atoms with van der Waals surface area (Å²) in [6.45, 7) is 3.58. The molecule has 1 fully saturated rings. The molecule has 130 valence electrons. The maximum Gasteiger partial charge on any atom is 0.417 e. The molecule has 0 spiro atoms. The fraction of sp³-hybridized carbons (Fsp3) is 0.263. The Kier molecular flexibility index (Phi) is 5.16. The summed E-state index contributed by atoms with van der Waals surface area (Å²) in [4.78, 5) is 26.5. The lowest BCUT2D eigenvalue weighted by atomic mass is 9.98. The highest BCUT2D eigenvalue weighted by Crippen LogP contribution is 2.35. The van der Waals surface area contributed by atoms with Crippen LogP contribution in [0.3, 0.4) is 0 Å². The van der Waals surface area contributed by atoms with Gasteiger partial charge in [0.2, 0.25) is 5.91 Å². The zero-order valence-electron chi connectivity index (χ0n) is 13.8. The Morgan fingerprint density at radius 3 is 2.56 bits per heavy atom. The largest absolute Gasteiger partial charge is 0.439 e. The van der Waals surface area contributed by atoms with E-state index in [1.165, 1.54) is 4.90 Å². The van der Waals surface area contributed by atoms with Crippen LogP contribution in [-0.2, 0) is 9.53 Å². The normalized spacial score (nSPS) is 21.1. The Balaban J connectivity index is 1.85. The van der Waals surface area contributed by atoms with Crippen molar-refractivity contribution in [2.45, 2.75) is 31.9 Å². The number of nitrogens with zero attached hydrogens (tertiary/aromatic N) is 1. The van der Waals surface area contributed by atoms with Crippen molar-refractivity contribution >= 4 is 39.5 Å². The summed E-state index contributed by atoms with van der Waals surface area (Å²) < 4.78 is 6.24. The van der Waals surface area contributed by atoms with E-state index in [1.807, 2.05) is 43.3 Å². The molecule has 1 aliphatic rings. The molecule has 2 amide bonds. The first-order valence-corrected chi connectivity index (χ1v) is 9.10. The summed E-state index contributed by atoms with van der Waals surface area (Å²) in [7, 11) is 0. The number of ether oxygens (including phenoxy) is 1. The molecule has 0 saturated carbocycles. The molecule has 0 radical (unpaired) electrons. The molecule has 1 aliphatic heterocycles. The van der Waals surface area contributed by atoms with Gasteiger partial charge >= 0.3 is 6.09 Å². The van der Waals surface area contributed by atoms with Gasteiger partial charge in [-0.1, -0.05) is 57.9 Å². The quantitative estimate of drug-likeness (QED) is 0.673. The van der Waals surface area contributed by atoms with E-state index >= 15 is 0 Å². The summed E-state index contributed by atoms with van der Waals surface area (Å²) in [6.07, 6.45) is -1.07. The predicted octanol–water partition coefficient (Wildman–Crippen LogP) is 5.31. The van der Waals surface area contributed by atoms with Crippen molar-refractivity contribution in [3.63, 3.8) is 0 Å². The van der Waals surface area contributed by atoms with Crippen molar-refractivity contribution in [2.75, 3.05) is 0 Å². The van der Waals surface area contributed by atoms with Crippen LogP contribution in [0.2, 0.25) is 5.02 Å². The lowest BCUT2D eigenvalue weighted by molar-refractivity contribution is -0.130. The first-order chi connectivity index (χ1) is 11.9. The first kappa shape index (κ1) is 18.0. The number of halogens is 2. The van der Waals surface area contributed by atoms with Gasteiger partial charge in [0.1, 0.15) is 6.10 Å². The van der Waals surface area contributed by atoms with Crippen LogP contribution >= 0.6 is 27.5 Å². The van der Waals surface area contributed by atoms with Crippen molar-refractivity contribution in [3.05, 3.63) is 69.2 Å². The topological polar surface area (TPSA) is 46.6 Å². The minimum atomic E-state index is -0.612. The SMILES string of the molecule is CC(C(=O)N1C(=O)OC(c2ccccc2)C1C)c1cc(Cl)cc(Br)c1. The zero-order valence-corrected chi connectivity index (χ0v) is 16.1. The predicted molar refractivity (Wildman–Crippen MR) is 99.5 cm³/mol. The third-order valence-corrected chi connectivity index (χ3v) is 5.07. The van der Waals surface area contributed by atoms with Crippen LogP contribution in [0, 0.1) is 0 Å². The van der Waals surface area contributed by atoms with E-state index in [4.69, 9.17) is 16.3 Å². The van der Waals surface area contributed by atoms with Crippen molar-refractivity contribution in [1.82, 2.24) is 4.90 Å². The summed E-state index contributed by atoms with van der Waals surface area (Å²) in [5, 5.41) is 0.531. The van der Waals surface area contributed by atoms with Crippen LogP contribution in [0.1, 0.15) is 37.0 Å². The number of hydrogen-bond acceptors (Lipinski definition) is 3. The summed E-state index contributed by atoms with van der Waals surface area (Å²) in [6, 6.07) is 14.4. The molecule has 6 heteroatoms. The molecule has 0 aliphatic carbocycles. The fourth-order valence-electron chi connectivity index (χ4n) is 3.02. The maximum absolute atomic E-state index is 12.9. The molecule has 0 N–H and O–H groups in total. The van der Waals surface area contributed by atoms with Gasteiger partial charge in [0.15, 0.2) is 0 Å². The third-order valence-electron chi connectivity index (χ3n) is 4.39. The Labute approximate surface area is 159 Å². The number of rotatable bonds is 3. The molecular formula is C19H17BrClNO3. The van der Waals surface area contributed by atoms with Gasteiger partial charge in [0, 0.05) is 9.50 Å². The van der Waals surface area contributed by atoms with Gasteiger partial charge in [-0.15, -0.1) is 0 Å². The minimum Gasteiger partial charge on any atom is -0.439 e. The number of carbonyl (C=O) groups excluding carboxylic acids is 2. The molecule has 2 aromatic carbocycles. The number of cyclic esters (lactones) is 1. The van der Waals surface area contributed by atoms with E-state index in [-0.39, 0.29) is 11.9 Å². The van der Waals surface area contributed by atoms with Crippen LogP contribution < -0.4 is 0 Å². The van der Waals surface area contributed by atoms with Crippen LogP contribution in [-0.4, -0.2) is 22.9 Å². The Morgan fingerprint density at radius 2 is 1.92 bits per heavy atom. The van der Waals surface area contributed by atoms with Gasteiger partial charge < -0.3 is 4.74 Å². The highest BCUT2D eigenvalue weighted by molar-refractivity contribution is 9.10. The molecule has 25 heavy (non-hydrogen) atoms. The first-order valence-electron chi connectivity index (χ1n) is 7.93.